The standard InChI is InChI=1S/C39H34/c1-2-10-27-17-24-36-37(25-27)39(33-23-20-29-13-6-7-14-32(29)26-33)35-16-9-8-15-34(35)38(36)31-21-18-30(19-22-31)28-11-4-3-5-12-28/h3-9,11-18,21,24-26H,2,10,19-20,22-23H2,1H3. The molecule has 0 atom stereocenters. The van der Waals surface area contributed by atoms with Crippen LogP contribution in [-0.2, 0) is 12.8 Å². The summed E-state index contributed by atoms with van der Waals surface area (Å²) < 4.78 is 0. The highest BCUT2D eigenvalue weighted by Crippen LogP contribution is 2.45. The molecule has 0 radical (unpaired) electrons. The second kappa shape index (κ2) is 10.2. The smallest absolute Gasteiger partial charge is 0.00664 e. The highest BCUT2D eigenvalue weighted by molar-refractivity contribution is 6.17. The Kier molecular flexibility index (Phi) is 6.25. The van der Waals surface area contributed by atoms with E-state index in [0.717, 1.165) is 38.5 Å². The predicted molar refractivity (Wildman–Crippen MR) is 170 cm³/mol. The molecule has 0 heterocycles. The lowest BCUT2D eigenvalue weighted by atomic mass is 9.79. The van der Waals surface area contributed by atoms with Gasteiger partial charge in [0.15, 0.2) is 0 Å². The van der Waals surface area contributed by atoms with Crippen LogP contribution in [0.2, 0.25) is 0 Å². The molecule has 0 fully saturated rings. The lowest BCUT2D eigenvalue weighted by molar-refractivity contribution is 0.923. The van der Waals surface area contributed by atoms with Crippen molar-refractivity contribution in [3.05, 3.63) is 143 Å². The van der Waals surface area contributed by atoms with Gasteiger partial charge in [-0.25, -0.2) is 0 Å². The van der Waals surface area contributed by atoms with Crippen molar-refractivity contribution in [1.29, 1.82) is 0 Å². The lowest BCUT2D eigenvalue weighted by Crippen LogP contribution is -2.03. The number of hydrogen-bond acceptors (Lipinski definition) is 0. The Balaban J connectivity index is 1.48. The molecule has 5 aromatic carbocycles. The highest BCUT2D eigenvalue weighted by Gasteiger charge is 2.22. The summed E-state index contributed by atoms with van der Waals surface area (Å²) in [7, 11) is 0. The highest BCUT2D eigenvalue weighted by atomic mass is 14.3. The third kappa shape index (κ3) is 4.35. The summed E-state index contributed by atoms with van der Waals surface area (Å²) in [6.07, 6.45) is 13.8. The average molecular weight is 503 g/mol. The van der Waals surface area contributed by atoms with Crippen LogP contribution in [0.3, 0.4) is 0 Å². The van der Waals surface area contributed by atoms with E-state index in [1.165, 1.54) is 71.6 Å². The van der Waals surface area contributed by atoms with E-state index in [4.69, 9.17) is 0 Å². The summed E-state index contributed by atoms with van der Waals surface area (Å²) in [4.78, 5) is 0. The van der Waals surface area contributed by atoms with Crippen LogP contribution >= 0.6 is 0 Å². The molecule has 5 aromatic rings. The van der Waals surface area contributed by atoms with Crippen LogP contribution in [0, 0.1) is 0 Å². The Morgan fingerprint density at radius 1 is 0.538 bits per heavy atom. The number of benzene rings is 5. The monoisotopic (exact) mass is 502 g/mol. The molecule has 0 N–H and O–H groups in total. The zero-order valence-electron chi connectivity index (χ0n) is 22.7. The molecule has 0 heteroatoms. The summed E-state index contributed by atoms with van der Waals surface area (Å²) in [5.74, 6) is 0. The molecule has 190 valence electrons. The van der Waals surface area contributed by atoms with E-state index >= 15 is 0 Å². The van der Waals surface area contributed by atoms with Crippen LogP contribution in [0.1, 0.15) is 66.0 Å². The summed E-state index contributed by atoms with van der Waals surface area (Å²) in [6, 6.07) is 36.2. The van der Waals surface area contributed by atoms with E-state index in [-0.39, 0.29) is 0 Å². The lowest BCUT2D eigenvalue weighted by Gasteiger charge is -2.24. The van der Waals surface area contributed by atoms with Crippen LogP contribution in [-0.4, -0.2) is 0 Å². The van der Waals surface area contributed by atoms with Crippen LogP contribution in [0.15, 0.2) is 109 Å². The van der Waals surface area contributed by atoms with E-state index in [9.17, 15) is 0 Å². The summed E-state index contributed by atoms with van der Waals surface area (Å²) >= 11 is 0. The number of hydrogen-bond donors (Lipinski definition) is 0. The molecule has 0 aromatic heterocycles. The summed E-state index contributed by atoms with van der Waals surface area (Å²) in [6.45, 7) is 2.28. The minimum Gasteiger partial charge on any atom is -0.0651 e. The SMILES string of the molecule is CCCc1ccc2c(C3=CC=C(c4ccccc4)CC3)c3ccccc3c(C3=Cc4ccccc4CC3)c2c1. The maximum atomic E-state index is 2.50. The molecule has 0 unspecified atom stereocenters. The van der Waals surface area contributed by atoms with E-state index in [1.807, 2.05) is 0 Å². The van der Waals surface area contributed by atoms with Gasteiger partial charge in [0.05, 0.1) is 0 Å². The molecule has 2 aliphatic carbocycles. The van der Waals surface area contributed by atoms with Gasteiger partial charge in [-0.3, -0.25) is 0 Å². The quantitative estimate of drug-likeness (QED) is 0.210. The minimum absolute atomic E-state index is 1.06. The first-order valence-corrected chi connectivity index (χ1v) is 14.5. The normalized spacial score (nSPS) is 15.1. The number of aryl methyl sites for hydroxylation is 2. The third-order valence-electron chi connectivity index (χ3n) is 8.61. The fourth-order valence-corrected chi connectivity index (χ4v) is 6.73. The van der Waals surface area contributed by atoms with Crippen molar-refractivity contribution in [2.24, 2.45) is 0 Å². The van der Waals surface area contributed by atoms with E-state index in [0.29, 0.717) is 0 Å². The van der Waals surface area contributed by atoms with E-state index in [1.54, 1.807) is 0 Å². The first-order valence-electron chi connectivity index (χ1n) is 14.5. The molecule has 0 amide bonds. The molecule has 0 bridgehead atoms. The minimum atomic E-state index is 1.06. The zero-order chi connectivity index (χ0) is 26.2. The molecule has 39 heavy (non-hydrogen) atoms. The molecule has 2 aliphatic rings. The molecular formula is C39H34. The van der Waals surface area contributed by atoms with Gasteiger partial charge >= 0.3 is 0 Å². The van der Waals surface area contributed by atoms with Crippen LogP contribution in [0.25, 0.3) is 44.3 Å². The van der Waals surface area contributed by atoms with Gasteiger partial charge in [-0.15, -0.1) is 0 Å². The van der Waals surface area contributed by atoms with Crippen molar-refractivity contribution in [2.45, 2.75) is 45.4 Å². The molecule has 0 nitrogen and oxygen atoms in total. The maximum absolute atomic E-state index is 2.50. The van der Waals surface area contributed by atoms with Crippen molar-refractivity contribution < 1.29 is 0 Å². The summed E-state index contributed by atoms with van der Waals surface area (Å²) in [5, 5.41) is 5.58. The van der Waals surface area contributed by atoms with Gasteiger partial charge in [0, 0.05) is 0 Å². The van der Waals surface area contributed by atoms with Crippen molar-refractivity contribution in [3.8, 4) is 0 Å². The third-order valence-corrected chi connectivity index (χ3v) is 8.61. The number of allylic oxidation sites excluding steroid dienone is 5. The van der Waals surface area contributed by atoms with Gasteiger partial charge in [0.2, 0.25) is 0 Å². The van der Waals surface area contributed by atoms with Crippen molar-refractivity contribution in [1.82, 2.24) is 0 Å². The average Bonchev–Trinajstić information content (AvgIpc) is 3.00. The van der Waals surface area contributed by atoms with E-state index in [2.05, 4.69) is 122 Å². The Labute approximate surface area is 232 Å². The van der Waals surface area contributed by atoms with Gasteiger partial charge in [-0.2, -0.15) is 0 Å². The molecule has 0 saturated carbocycles. The molecule has 0 saturated heterocycles. The van der Waals surface area contributed by atoms with Gasteiger partial charge in [0.1, 0.15) is 0 Å². The zero-order valence-corrected chi connectivity index (χ0v) is 22.7. The van der Waals surface area contributed by atoms with Gasteiger partial charge in [-0.1, -0.05) is 129 Å². The van der Waals surface area contributed by atoms with Crippen LogP contribution in [0.4, 0.5) is 0 Å². The van der Waals surface area contributed by atoms with Gasteiger partial charge in [0.25, 0.3) is 0 Å². The molecular weight excluding hydrogens is 468 g/mol. The Morgan fingerprint density at radius 2 is 1.18 bits per heavy atom. The largest absolute Gasteiger partial charge is 0.0651 e. The fraction of sp³-hybridized carbons (Fsp3) is 0.179. The van der Waals surface area contributed by atoms with Crippen molar-refractivity contribution in [3.63, 3.8) is 0 Å². The van der Waals surface area contributed by atoms with Gasteiger partial charge in [-0.05, 0) is 104 Å². The predicted octanol–water partition coefficient (Wildman–Crippen LogP) is 10.7. The molecule has 0 spiro atoms. The molecule has 7 rings (SSSR count). The Bertz CT molecular complexity index is 1790. The van der Waals surface area contributed by atoms with Crippen LogP contribution < -0.4 is 0 Å². The topological polar surface area (TPSA) is 0 Å². The Morgan fingerprint density at radius 3 is 1.95 bits per heavy atom. The first kappa shape index (κ1) is 23.9. The van der Waals surface area contributed by atoms with Gasteiger partial charge < -0.3 is 0 Å². The Hall–Kier alpha value is -4.16. The van der Waals surface area contributed by atoms with Crippen molar-refractivity contribution in [2.75, 3.05) is 0 Å². The number of rotatable bonds is 5. The van der Waals surface area contributed by atoms with Crippen molar-refractivity contribution >= 4 is 44.3 Å². The van der Waals surface area contributed by atoms with Crippen LogP contribution in [0.5, 0.6) is 0 Å². The fourth-order valence-electron chi connectivity index (χ4n) is 6.73. The maximum Gasteiger partial charge on any atom is -0.00664 e. The molecule has 0 aliphatic heterocycles. The summed E-state index contributed by atoms with van der Waals surface area (Å²) in [5.41, 5.74) is 12.8. The second-order valence-corrected chi connectivity index (χ2v) is 11.0. The van der Waals surface area contributed by atoms with E-state index < -0.39 is 0 Å². The second-order valence-electron chi connectivity index (χ2n) is 11.0. The first-order chi connectivity index (χ1) is 19.3. The number of fused-ring (bicyclic) bond motifs is 3.